The standard InChI is InChI=1S/2C6H3N3O7.C6H8N2/c2*10-6-4(8(13)14)1-3(7(11)12)2-5(6)9(15)16;7-5-3-1-2-4-6(5)8/h2*1-2,10H;1-4H,7-8H2. The molecule has 0 spiro atoms. The quantitative estimate of drug-likeness (QED) is 0.301. The molecule has 210 valence electrons. The third-order valence-electron chi connectivity index (χ3n) is 4.40. The fourth-order valence-corrected chi connectivity index (χ4v) is 2.48. The highest BCUT2D eigenvalue weighted by Crippen LogP contribution is 2.37. The molecule has 0 bridgehead atoms. The zero-order valence-electron chi connectivity index (χ0n) is 19.4. The summed E-state index contributed by atoms with van der Waals surface area (Å²) in [5, 5.41) is 84.2. The molecular weight excluding hydrogens is 552 g/mol. The van der Waals surface area contributed by atoms with Gasteiger partial charge in [-0.25, -0.2) is 0 Å². The predicted octanol–water partition coefficient (Wildman–Crippen LogP) is 0.403. The second-order valence-corrected chi connectivity index (χ2v) is 6.94. The Labute approximate surface area is 218 Å². The first-order valence-corrected chi connectivity index (χ1v) is 9.78. The van der Waals surface area contributed by atoms with Gasteiger partial charge in [0.15, 0.2) is 11.4 Å². The Balaban J connectivity index is 0.000000317. The summed E-state index contributed by atoms with van der Waals surface area (Å²) in [6.07, 6.45) is 0. The van der Waals surface area contributed by atoms with E-state index in [0.717, 1.165) is 11.4 Å². The van der Waals surface area contributed by atoms with E-state index in [9.17, 15) is 70.9 Å². The average Bonchev–Trinajstić information content (AvgIpc) is 2.85. The van der Waals surface area contributed by atoms with Gasteiger partial charge < -0.3 is 21.7 Å². The number of hydrogen-bond donors (Lipinski definition) is 2. The summed E-state index contributed by atoms with van der Waals surface area (Å²) in [5.74, 6) is -2.92. The molecule has 0 unspecified atom stereocenters. The molecule has 0 saturated heterocycles. The molecule has 0 aliphatic carbocycles. The number of rotatable bonds is 6. The van der Waals surface area contributed by atoms with E-state index in [1.165, 1.54) is 0 Å². The SMILES string of the molecule is O=[N+]([O-])c1cc([N+](=O)[O-])c([O-])c([N+](=O)[O-])c1.O=[N+]([O-])c1cc([N+](=O)[O-])c([O-])c([N+](=O)[O-])c1.[NH3+]c1ccccc1[NH3+]. The van der Waals surface area contributed by atoms with Gasteiger partial charge in [0.05, 0.1) is 65.3 Å². The fraction of sp³-hybridized carbons (Fsp3) is 0. The van der Waals surface area contributed by atoms with Crippen LogP contribution in [0.25, 0.3) is 0 Å². The van der Waals surface area contributed by atoms with Crippen molar-refractivity contribution in [2.75, 3.05) is 0 Å². The lowest BCUT2D eigenvalue weighted by Gasteiger charge is -2.06. The average molecular weight is 566 g/mol. The van der Waals surface area contributed by atoms with Crippen molar-refractivity contribution in [3.63, 3.8) is 0 Å². The Kier molecular flexibility index (Phi) is 10.4. The fourth-order valence-electron chi connectivity index (χ4n) is 2.48. The molecule has 0 atom stereocenters. The summed E-state index contributed by atoms with van der Waals surface area (Å²) >= 11 is 0. The highest BCUT2D eigenvalue weighted by atomic mass is 16.7. The van der Waals surface area contributed by atoms with Crippen molar-refractivity contribution >= 4 is 45.5 Å². The van der Waals surface area contributed by atoms with Crippen molar-refractivity contribution < 1.29 is 51.2 Å². The molecule has 0 fully saturated rings. The largest absolute Gasteiger partial charge is 0.863 e. The highest BCUT2D eigenvalue weighted by molar-refractivity contribution is 5.64. The van der Waals surface area contributed by atoms with Crippen LogP contribution in [-0.2, 0) is 0 Å². The molecule has 0 heterocycles. The number of hydrogen-bond acceptors (Lipinski definition) is 14. The van der Waals surface area contributed by atoms with E-state index in [0.29, 0.717) is 24.3 Å². The Morgan fingerprint density at radius 2 is 0.675 bits per heavy atom. The van der Waals surface area contributed by atoms with Gasteiger partial charge in [0, 0.05) is 12.1 Å². The van der Waals surface area contributed by atoms with Gasteiger partial charge in [-0.2, -0.15) is 0 Å². The maximum absolute atomic E-state index is 11.1. The molecule has 3 aromatic carbocycles. The molecule has 0 aromatic heterocycles. The summed E-state index contributed by atoms with van der Waals surface area (Å²) < 4.78 is 0. The molecule has 0 aliphatic heterocycles. The van der Waals surface area contributed by atoms with Crippen molar-refractivity contribution in [3.05, 3.63) is 109 Å². The van der Waals surface area contributed by atoms with Crippen LogP contribution in [0, 0.1) is 60.7 Å². The van der Waals surface area contributed by atoms with Crippen molar-refractivity contribution in [1.29, 1.82) is 0 Å². The van der Waals surface area contributed by atoms with Crippen LogP contribution in [-0.4, -0.2) is 29.5 Å². The van der Waals surface area contributed by atoms with Gasteiger partial charge in [-0.15, -0.1) is 0 Å². The summed E-state index contributed by atoms with van der Waals surface area (Å²) in [5.41, 5.74) is 3.00. The highest BCUT2D eigenvalue weighted by Gasteiger charge is 2.25. The number of non-ortho nitro benzene ring substituents is 2. The van der Waals surface area contributed by atoms with Crippen molar-refractivity contribution in [3.8, 4) is 11.5 Å². The zero-order chi connectivity index (χ0) is 30.9. The lowest BCUT2D eigenvalue weighted by atomic mass is 10.2. The number of benzene rings is 3. The number of nitro benzene ring substituents is 6. The molecule has 22 nitrogen and oxygen atoms in total. The van der Waals surface area contributed by atoms with Crippen LogP contribution < -0.4 is 21.7 Å². The van der Waals surface area contributed by atoms with Gasteiger partial charge in [-0.1, -0.05) is 12.1 Å². The van der Waals surface area contributed by atoms with Crippen LogP contribution in [0.3, 0.4) is 0 Å². The molecule has 22 heteroatoms. The normalized spacial score (nSPS) is 9.65. The minimum atomic E-state index is -1.46. The number of quaternary nitrogens is 2. The smallest absolute Gasteiger partial charge is 0.283 e. The van der Waals surface area contributed by atoms with E-state index in [1.807, 2.05) is 24.3 Å². The third-order valence-corrected chi connectivity index (χ3v) is 4.40. The van der Waals surface area contributed by atoms with Crippen LogP contribution in [0.2, 0.25) is 0 Å². The Morgan fingerprint density at radius 1 is 0.450 bits per heavy atom. The molecule has 6 N–H and O–H groups in total. The lowest BCUT2D eigenvalue weighted by Crippen LogP contribution is -2.49. The summed E-state index contributed by atoms with van der Waals surface area (Å²) in [7, 11) is 0. The molecule has 0 saturated carbocycles. The van der Waals surface area contributed by atoms with Crippen LogP contribution in [0.1, 0.15) is 0 Å². The van der Waals surface area contributed by atoms with Gasteiger partial charge in [0.2, 0.25) is 0 Å². The molecule has 40 heavy (non-hydrogen) atoms. The van der Waals surface area contributed by atoms with Crippen LogP contribution in [0.4, 0.5) is 45.5 Å². The Bertz CT molecular complexity index is 1340. The Morgan fingerprint density at radius 3 is 0.825 bits per heavy atom. The van der Waals surface area contributed by atoms with Crippen LogP contribution in [0.15, 0.2) is 48.5 Å². The van der Waals surface area contributed by atoms with Gasteiger partial charge in [-0.05, 0) is 0 Å². The Hall–Kier alpha value is -6.42. The van der Waals surface area contributed by atoms with Crippen molar-refractivity contribution in [1.82, 2.24) is 0 Å². The van der Waals surface area contributed by atoms with Gasteiger partial charge in [-0.3, -0.25) is 60.7 Å². The molecule has 0 aliphatic rings. The molecule has 3 aromatic rings. The summed E-state index contributed by atoms with van der Waals surface area (Å²) in [6.45, 7) is 0. The first-order valence-electron chi connectivity index (χ1n) is 9.78. The summed E-state index contributed by atoms with van der Waals surface area (Å²) in [4.78, 5) is 55.0. The maximum atomic E-state index is 11.1. The van der Waals surface area contributed by atoms with Crippen LogP contribution >= 0.6 is 0 Å². The summed E-state index contributed by atoms with van der Waals surface area (Å²) in [6, 6.07) is 9.34. The van der Waals surface area contributed by atoms with E-state index in [2.05, 4.69) is 11.5 Å². The van der Waals surface area contributed by atoms with E-state index < -0.39 is 75.2 Å². The second kappa shape index (κ2) is 13.2. The van der Waals surface area contributed by atoms with Crippen molar-refractivity contribution in [2.45, 2.75) is 0 Å². The maximum Gasteiger partial charge on any atom is 0.283 e. The van der Waals surface area contributed by atoms with Gasteiger partial charge in [0.1, 0.15) is 0 Å². The molecular formula is C18H14N8O14. The van der Waals surface area contributed by atoms with E-state index in [-0.39, 0.29) is 0 Å². The van der Waals surface area contributed by atoms with Gasteiger partial charge in [0.25, 0.3) is 34.1 Å². The first-order chi connectivity index (χ1) is 18.5. The predicted molar refractivity (Wildman–Crippen MR) is 123 cm³/mol. The van der Waals surface area contributed by atoms with Gasteiger partial charge >= 0.3 is 0 Å². The minimum Gasteiger partial charge on any atom is -0.863 e. The third kappa shape index (κ3) is 8.05. The first kappa shape index (κ1) is 31.6. The minimum absolute atomic E-state index is 0.384. The molecule has 0 radical (unpaired) electrons. The topological polar surface area (TPSA) is 360 Å². The second-order valence-electron chi connectivity index (χ2n) is 6.94. The van der Waals surface area contributed by atoms with Crippen molar-refractivity contribution in [2.24, 2.45) is 0 Å². The lowest BCUT2D eigenvalue weighted by molar-refractivity contribution is -0.420. The van der Waals surface area contributed by atoms with E-state index in [1.54, 1.807) is 0 Å². The van der Waals surface area contributed by atoms with Crippen LogP contribution in [0.5, 0.6) is 11.5 Å². The monoisotopic (exact) mass is 566 g/mol. The molecule has 0 amide bonds. The zero-order valence-corrected chi connectivity index (χ0v) is 19.4. The van der Waals surface area contributed by atoms with E-state index >= 15 is 0 Å². The van der Waals surface area contributed by atoms with E-state index in [4.69, 9.17) is 0 Å². The number of nitrogens with zero attached hydrogens (tertiary/aromatic N) is 6. The molecule has 3 rings (SSSR count). The number of nitro groups is 6.